The first-order chi connectivity index (χ1) is 10.5. The second-order valence-corrected chi connectivity index (χ2v) is 11.2. The molecule has 11 heteroatoms. The van der Waals surface area contributed by atoms with E-state index in [1.165, 1.54) is 0 Å². The van der Waals surface area contributed by atoms with Gasteiger partial charge in [0.05, 0.1) is 6.54 Å². The van der Waals surface area contributed by atoms with Crippen molar-refractivity contribution in [3.8, 4) is 0 Å². The van der Waals surface area contributed by atoms with E-state index in [0.717, 1.165) is 0 Å². The van der Waals surface area contributed by atoms with Gasteiger partial charge < -0.3 is 20.8 Å². The highest BCUT2D eigenvalue weighted by Crippen LogP contribution is 2.44. The molecular formula is C12H22N2O6S3. The van der Waals surface area contributed by atoms with Gasteiger partial charge in [0.15, 0.2) is 11.2 Å². The average molecular weight is 387 g/mol. The van der Waals surface area contributed by atoms with Gasteiger partial charge in [0, 0.05) is 12.2 Å². The van der Waals surface area contributed by atoms with Crippen molar-refractivity contribution < 1.29 is 29.4 Å². The van der Waals surface area contributed by atoms with Gasteiger partial charge in [-0.2, -0.15) is 12.6 Å². The predicted molar refractivity (Wildman–Crippen MR) is 95.1 cm³/mol. The number of carboxylic acid groups (broad SMARTS) is 1. The van der Waals surface area contributed by atoms with Crippen molar-refractivity contribution in [1.29, 1.82) is 0 Å². The summed E-state index contributed by atoms with van der Waals surface area (Å²) in [5.41, 5.74) is 0. The summed E-state index contributed by atoms with van der Waals surface area (Å²) in [5, 5.41) is 22.2. The third-order valence-electron chi connectivity index (χ3n) is 2.73. The fourth-order valence-corrected chi connectivity index (χ4v) is 2.19. The van der Waals surface area contributed by atoms with Crippen molar-refractivity contribution >= 4 is 56.2 Å². The van der Waals surface area contributed by atoms with E-state index in [1.807, 2.05) is 0 Å². The van der Waals surface area contributed by atoms with Crippen LogP contribution in [0.2, 0.25) is 0 Å². The van der Waals surface area contributed by atoms with Crippen molar-refractivity contribution in [2.24, 2.45) is 0 Å². The maximum Gasteiger partial charge on any atom is 0.332 e. The Balaban J connectivity index is 4.37. The van der Waals surface area contributed by atoms with Crippen molar-refractivity contribution in [3.05, 3.63) is 0 Å². The van der Waals surface area contributed by atoms with Crippen molar-refractivity contribution in [2.75, 3.05) is 24.8 Å². The lowest BCUT2D eigenvalue weighted by Crippen LogP contribution is -2.49. The monoisotopic (exact) mass is 386 g/mol. The molecule has 2 atom stereocenters. The molecule has 0 fully saturated rings. The number of rotatable bonds is 9. The number of hydrogen-bond donors (Lipinski definition) is 6. The zero-order chi connectivity index (χ0) is 18.2. The highest BCUT2D eigenvalue weighted by Gasteiger charge is 2.23. The van der Waals surface area contributed by atoms with Gasteiger partial charge in [-0.15, -0.1) is 20.7 Å². The molecule has 0 aromatic carbocycles. The second-order valence-electron chi connectivity index (χ2n) is 5.06. The molecular weight excluding hydrogens is 364 g/mol. The molecule has 0 rings (SSSR count). The molecule has 0 saturated heterocycles. The van der Waals surface area contributed by atoms with Crippen LogP contribution in [-0.4, -0.2) is 70.1 Å². The minimum Gasteiger partial charge on any atom is -0.479 e. The summed E-state index contributed by atoms with van der Waals surface area (Å²) in [6, 6.07) is -0.960. The number of nitrogens with one attached hydrogen (secondary N) is 2. The lowest BCUT2D eigenvalue weighted by atomic mass is 10.2. The molecule has 0 spiro atoms. The fraction of sp³-hybridized carbons (Fsp3) is 0.667. The van der Waals surface area contributed by atoms with Crippen LogP contribution < -0.4 is 10.6 Å². The van der Waals surface area contributed by atoms with Gasteiger partial charge in [0.25, 0.3) is 0 Å². The lowest BCUT2D eigenvalue weighted by molar-refractivity contribution is -0.147. The van der Waals surface area contributed by atoms with Crippen molar-refractivity contribution in [2.45, 2.75) is 25.0 Å². The van der Waals surface area contributed by atoms with Crippen molar-refractivity contribution in [1.82, 2.24) is 10.6 Å². The molecule has 2 unspecified atom stereocenters. The number of aliphatic hydroxyl groups excluding tert-OH is 1. The van der Waals surface area contributed by atoms with Crippen LogP contribution in [0.3, 0.4) is 0 Å². The Morgan fingerprint density at radius 2 is 1.78 bits per heavy atom. The number of carbonyl (C=O) groups excluding carboxylic acids is 3. The van der Waals surface area contributed by atoms with Gasteiger partial charge in [-0.3, -0.25) is 14.4 Å². The number of aliphatic hydroxyl groups is 1. The minimum atomic E-state index is -1.73. The average Bonchev–Trinajstić information content (AvgIpc) is 2.45. The summed E-state index contributed by atoms with van der Waals surface area (Å²) in [4.78, 5) is 45.7. The molecule has 2 amide bonds. The summed E-state index contributed by atoms with van der Waals surface area (Å²) in [5.74, 6) is -2.58. The zero-order valence-electron chi connectivity index (χ0n) is 12.8. The van der Waals surface area contributed by atoms with Crippen LogP contribution in [0.1, 0.15) is 12.8 Å². The maximum absolute atomic E-state index is 11.9. The van der Waals surface area contributed by atoms with Gasteiger partial charge in [0.2, 0.25) is 11.8 Å². The Kier molecular flexibility index (Phi) is 9.66. The Morgan fingerprint density at radius 1 is 1.22 bits per heavy atom. The first kappa shape index (κ1) is 22.1. The Morgan fingerprint density at radius 3 is 2.22 bits per heavy atom. The third-order valence-corrected chi connectivity index (χ3v) is 4.96. The molecule has 0 aliphatic carbocycles. The van der Waals surface area contributed by atoms with Gasteiger partial charge in [-0.05, 0) is 18.9 Å². The number of hydrogen-bond acceptors (Lipinski definition) is 7. The van der Waals surface area contributed by atoms with Gasteiger partial charge in [-0.1, -0.05) is 0 Å². The molecule has 0 heterocycles. The summed E-state index contributed by atoms with van der Waals surface area (Å²) in [7, 11) is -1.73. The zero-order valence-corrected chi connectivity index (χ0v) is 15.4. The summed E-state index contributed by atoms with van der Waals surface area (Å²) >= 11 is 8.13. The SMILES string of the molecule is CS(C)(S)C(=O)CNC(=O)C(CS)NC(=O)CCC(O)C(=O)O. The summed E-state index contributed by atoms with van der Waals surface area (Å²) in [6.07, 6.45) is 1.20. The van der Waals surface area contributed by atoms with Gasteiger partial charge in [-0.25, -0.2) is 4.79 Å². The van der Waals surface area contributed by atoms with E-state index >= 15 is 0 Å². The molecule has 4 N–H and O–H groups in total. The topological polar surface area (TPSA) is 133 Å². The number of aliphatic carboxylic acids is 1. The van der Waals surface area contributed by atoms with E-state index in [9.17, 15) is 19.2 Å². The molecule has 0 radical (unpaired) electrons. The molecule has 0 aliphatic rings. The maximum atomic E-state index is 11.9. The van der Waals surface area contributed by atoms with Crippen LogP contribution in [0.15, 0.2) is 0 Å². The molecule has 134 valence electrons. The summed E-state index contributed by atoms with van der Waals surface area (Å²) in [6.45, 7) is -0.192. The number of thiol groups is 2. The van der Waals surface area contributed by atoms with Gasteiger partial charge >= 0.3 is 5.97 Å². The Bertz CT molecular complexity index is 466. The van der Waals surface area contributed by atoms with E-state index in [2.05, 4.69) is 34.9 Å². The lowest BCUT2D eigenvalue weighted by Gasteiger charge is -2.22. The number of amides is 2. The van der Waals surface area contributed by atoms with Crippen LogP contribution in [-0.2, 0) is 19.2 Å². The smallest absolute Gasteiger partial charge is 0.332 e. The Hall–Kier alpha value is -0.910. The predicted octanol–water partition coefficient (Wildman–Crippen LogP) is -0.821. The highest BCUT2D eigenvalue weighted by molar-refractivity contribution is 8.93. The van der Waals surface area contributed by atoms with Gasteiger partial charge in [0.1, 0.15) is 6.04 Å². The number of carboxylic acids is 1. The van der Waals surface area contributed by atoms with Crippen LogP contribution in [0.4, 0.5) is 0 Å². The molecule has 8 nitrogen and oxygen atoms in total. The van der Waals surface area contributed by atoms with Crippen LogP contribution in [0.25, 0.3) is 0 Å². The third kappa shape index (κ3) is 9.08. The second kappa shape index (κ2) is 10.1. The molecule has 0 saturated carbocycles. The molecule has 0 aliphatic heterocycles. The van der Waals surface area contributed by atoms with Crippen molar-refractivity contribution in [3.63, 3.8) is 0 Å². The largest absolute Gasteiger partial charge is 0.479 e. The number of carbonyl (C=O) groups is 4. The van der Waals surface area contributed by atoms with E-state index in [0.29, 0.717) is 0 Å². The highest BCUT2D eigenvalue weighted by atomic mass is 33.1. The fourth-order valence-electron chi connectivity index (χ4n) is 1.31. The molecule has 0 bridgehead atoms. The Labute approximate surface area is 146 Å². The van der Waals surface area contributed by atoms with E-state index in [-0.39, 0.29) is 30.3 Å². The van der Waals surface area contributed by atoms with Crippen LogP contribution >= 0.6 is 33.3 Å². The van der Waals surface area contributed by atoms with E-state index < -0.39 is 39.0 Å². The molecule has 23 heavy (non-hydrogen) atoms. The first-order valence-electron chi connectivity index (χ1n) is 6.56. The van der Waals surface area contributed by atoms with Crippen LogP contribution in [0.5, 0.6) is 0 Å². The van der Waals surface area contributed by atoms with Crippen LogP contribution in [0, 0.1) is 0 Å². The van der Waals surface area contributed by atoms with E-state index in [4.69, 9.17) is 10.2 Å². The minimum absolute atomic E-state index is 0.00434. The first-order valence-corrected chi connectivity index (χ1v) is 10.7. The van der Waals surface area contributed by atoms with E-state index in [1.54, 1.807) is 12.5 Å². The standard InChI is InChI=1S/C12H22N2O6S3/c1-23(2,22)10(17)5-13-11(18)7(6-21)14-9(16)4-3-8(15)12(19)20/h7-8,15,21-22H,3-6H2,1-2H3,(H,13,18)(H,14,16)(H,19,20). The summed E-state index contributed by atoms with van der Waals surface area (Å²) < 4.78 is 0. The normalized spacial score (nSPS) is 14.5. The quantitative estimate of drug-likeness (QED) is 0.227. The molecule has 0 aromatic heterocycles. The molecule has 0 aromatic rings.